The SMILES string of the molecule is CCCCCSCc1ccc(C#CCN)cc1. The van der Waals surface area contributed by atoms with Crippen LogP contribution in [0.15, 0.2) is 24.3 Å². The minimum absolute atomic E-state index is 0.426. The Bertz CT molecular complexity index is 359. The topological polar surface area (TPSA) is 26.0 Å². The van der Waals surface area contributed by atoms with Gasteiger partial charge in [-0.1, -0.05) is 43.7 Å². The fourth-order valence-electron chi connectivity index (χ4n) is 1.48. The zero-order valence-electron chi connectivity index (χ0n) is 10.5. The largest absolute Gasteiger partial charge is 0.320 e. The van der Waals surface area contributed by atoms with Crippen LogP contribution in [-0.4, -0.2) is 12.3 Å². The summed E-state index contributed by atoms with van der Waals surface area (Å²) in [5.74, 6) is 8.27. The van der Waals surface area contributed by atoms with Gasteiger partial charge in [0.25, 0.3) is 0 Å². The van der Waals surface area contributed by atoms with Gasteiger partial charge in [-0.3, -0.25) is 0 Å². The van der Waals surface area contributed by atoms with Crippen molar-refractivity contribution in [1.82, 2.24) is 0 Å². The molecule has 1 rings (SSSR count). The molecule has 2 heteroatoms. The monoisotopic (exact) mass is 247 g/mol. The molecule has 92 valence electrons. The average Bonchev–Trinajstić information content (AvgIpc) is 2.37. The van der Waals surface area contributed by atoms with E-state index < -0.39 is 0 Å². The van der Waals surface area contributed by atoms with Gasteiger partial charge in [0.1, 0.15) is 0 Å². The first-order valence-corrected chi connectivity index (χ1v) is 7.38. The van der Waals surface area contributed by atoms with Crippen LogP contribution in [0.3, 0.4) is 0 Å². The molecule has 1 aromatic carbocycles. The van der Waals surface area contributed by atoms with E-state index in [4.69, 9.17) is 5.73 Å². The standard InChI is InChI=1S/C15H21NS/c1-2-3-4-12-17-13-15-9-7-14(8-10-15)6-5-11-16/h7-10H,2-4,11-13,16H2,1H3. The van der Waals surface area contributed by atoms with E-state index in [0.717, 1.165) is 11.3 Å². The molecule has 0 aliphatic carbocycles. The third kappa shape index (κ3) is 6.41. The van der Waals surface area contributed by atoms with Crippen molar-refractivity contribution in [3.05, 3.63) is 35.4 Å². The van der Waals surface area contributed by atoms with Crippen molar-refractivity contribution < 1.29 is 0 Å². The van der Waals surface area contributed by atoms with Crippen LogP contribution in [0.1, 0.15) is 37.3 Å². The summed E-state index contributed by atoms with van der Waals surface area (Å²) in [6.45, 7) is 2.67. The molecular formula is C15H21NS. The van der Waals surface area contributed by atoms with Crippen molar-refractivity contribution in [3.8, 4) is 11.8 Å². The second-order valence-corrected chi connectivity index (χ2v) is 5.07. The lowest BCUT2D eigenvalue weighted by atomic mass is 10.1. The van der Waals surface area contributed by atoms with Gasteiger partial charge >= 0.3 is 0 Å². The Kier molecular flexibility index (Phi) is 7.62. The Morgan fingerprint density at radius 3 is 2.59 bits per heavy atom. The van der Waals surface area contributed by atoms with Crippen LogP contribution >= 0.6 is 11.8 Å². The fourth-order valence-corrected chi connectivity index (χ4v) is 2.46. The van der Waals surface area contributed by atoms with Crippen LogP contribution in [0.25, 0.3) is 0 Å². The van der Waals surface area contributed by atoms with Crippen molar-refractivity contribution >= 4 is 11.8 Å². The number of nitrogens with two attached hydrogens (primary N) is 1. The van der Waals surface area contributed by atoms with E-state index in [1.165, 1.54) is 30.6 Å². The summed E-state index contributed by atoms with van der Waals surface area (Å²) in [7, 11) is 0. The Balaban J connectivity index is 2.30. The summed E-state index contributed by atoms with van der Waals surface area (Å²) >= 11 is 2.01. The number of thioether (sulfide) groups is 1. The third-order valence-corrected chi connectivity index (χ3v) is 3.56. The number of hydrogen-bond acceptors (Lipinski definition) is 2. The normalized spacial score (nSPS) is 9.76. The molecular weight excluding hydrogens is 226 g/mol. The first kappa shape index (κ1) is 14.2. The number of benzene rings is 1. The first-order chi connectivity index (χ1) is 8.36. The Morgan fingerprint density at radius 2 is 1.94 bits per heavy atom. The molecule has 0 amide bonds. The second kappa shape index (κ2) is 9.15. The molecule has 0 atom stereocenters. The summed E-state index contributed by atoms with van der Waals surface area (Å²) in [4.78, 5) is 0. The predicted molar refractivity (Wildman–Crippen MR) is 78.1 cm³/mol. The van der Waals surface area contributed by atoms with Crippen LogP contribution in [0.2, 0.25) is 0 Å². The van der Waals surface area contributed by atoms with Gasteiger partial charge in [0.2, 0.25) is 0 Å². The molecule has 0 radical (unpaired) electrons. The highest BCUT2D eigenvalue weighted by molar-refractivity contribution is 7.98. The Morgan fingerprint density at radius 1 is 1.18 bits per heavy atom. The summed E-state index contributed by atoms with van der Waals surface area (Å²) in [6.07, 6.45) is 3.98. The quantitative estimate of drug-likeness (QED) is 0.616. The van der Waals surface area contributed by atoms with Crippen molar-refractivity contribution in [2.75, 3.05) is 12.3 Å². The molecule has 0 saturated heterocycles. The molecule has 0 aliphatic heterocycles. The molecule has 0 spiro atoms. The maximum atomic E-state index is 5.33. The van der Waals surface area contributed by atoms with Gasteiger partial charge in [-0.25, -0.2) is 0 Å². The van der Waals surface area contributed by atoms with Crippen molar-refractivity contribution in [2.24, 2.45) is 5.73 Å². The molecule has 0 bridgehead atoms. The van der Waals surface area contributed by atoms with E-state index in [1.54, 1.807) is 0 Å². The molecule has 1 aromatic rings. The zero-order valence-corrected chi connectivity index (χ0v) is 11.4. The lowest BCUT2D eigenvalue weighted by molar-refractivity contribution is 0.778. The molecule has 1 nitrogen and oxygen atoms in total. The van der Waals surface area contributed by atoms with Gasteiger partial charge < -0.3 is 5.73 Å². The van der Waals surface area contributed by atoms with Crippen molar-refractivity contribution in [3.63, 3.8) is 0 Å². The van der Waals surface area contributed by atoms with Crippen LogP contribution in [0.4, 0.5) is 0 Å². The van der Waals surface area contributed by atoms with E-state index in [9.17, 15) is 0 Å². The molecule has 0 fully saturated rings. The molecule has 0 aromatic heterocycles. The van der Waals surface area contributed by atoms with Crippen molar-refractivity contribution in [2.45, 2.75) is 31.9 Å². The summed E-state index contributed by atoms with van der Waals surface area (Å²) in [6, 6.07) is 8.47. The van der Waals surface area contributed by atoms with Crippen LogP contribution < -0.4 is 5.73 Å². The number of hydrogen-bond donors (Lipinski definition) is 1. The van der Waals surface area contributed by atoms with Gasteiger partial charge in [0.05, 0.1) is 6.54 Å². The van der Waals surface area contributed by atoms with Gasteiger partial charge in [-0.15, -0.1) is 0 Å². The van der Waals surface area contributed by atoms with Crippen LogP contribution in [-0.2, 0) is 5.75 Å². The van der Waals surface area contributed by atoms with E-state index in [-0.39, 0.29) is 0 Å². The third-order valence-electron chi connectivity index (χ3n) is 2.45. The molecule has 0 unspecified atom stereocenters. The highest BCUT2D eigenvalue weighted by Crippen LogP contribution is 2.14. The summed E-state index contributed by atoms with van der Waals surface area (Å²) in [5.41, 5.74) is 7.77. The second-order valence-electron chi connectivity index (χ2n) is 3.96. The van der Waals surface area contributed by atoms with Crippen molar-refractivity contribution in [1.29, 1.82) is 0 Å². The van der Waals surface area contributed by atoms with E-state index in [0.29, 0.717) is 6.54 Å². The Labute approximate surface area is 109 Å². The van der Waals surface area contributed by atoms with Gasteiger partial charge in [-0.2, -0.15) is 11.8 Å². The van der Waals surface area contributed by atoms with Crippen LogP contribution in [0, 0.1) is 11.8 Å². The lowest BCUT2D eigenvalue weighted by Crippen LogP contribution is -1.93. The minimum Gasteiger partial charge on any atom is -0.320 e. The highest BCUT2D eigenvalue weighted by atomic mass is 32.2. The minimum atomic E-state index is 0.426. The summed E-state index contributed by atoms with van der Waals surface area (Å²) < 4.78 is 0. The first-order valence-electron chi connectivity index (χ1n) is 6.22. The molecule has 17 heavy (non-hydrogen) atoms. The van der Waals surface area contributed by atoms with E-state index in [1.807, 2.05) is 11.8 Å². The number of unbranched alkanes of at least 4 members (excludes halogenated alkanes) is 2. The maximum Gasteiger partial charge on any atom is 0.0555 e. The van der Waals surface area contributed by atoms with E-state index in [2.05, 4.69) is 43.0 Å². The van der Waals surface area contributed by atoms with Gasteiger partial charge in [0, 0.05) is 11.3 Å². The lowest BCUT2D eigenvalue weighted by Gasteiger charge is -2.01. The molecule has 2 N–H and O–H groups in total. The fraction of sp³-hybridized carbons (Fsp3) is 0.467. The molecule has 0 heterocycles. The van der Waals surface area contributed by atoms with E-state index >= 15 is 0 Å². The zero-order chi connectivity index (χ0) is 12.3. The van der Waals surface area contributed by atoms with Gasteiger partial charge in [0.15, 0.2) is 0 Å². The number of rotatable bonds is 6. The van der Waals surface area contributed by atoms with Gasteiger partial charge in [-0.05, 0) is 29.9 Å². The Hall–Kier alpha value is -0.910. The molecule has 0 saturated carbocycles. The van der Waals surface area contributed by atoms with Crippen LogP contribution in [0.5, 0.6) is 0 Å². The maximum absolute atomic E-state index is 5.33. The smallest absolute Gasteiger partial charge is 0.0555 e. The summed E-state index contributed by atoms with van der Waals surface area (Å²) in [5, 5.41) is 0. The molecule has 0 aliphatic rings. The average molecular weight is 247 g/mol. The highest BCUT2D eigenvalue weighted by Gasteiger charge is 1.94. The predicted octanol–water partition coefficient (Wildman–Crippen LogP) is 3.42.